The van der Waals surface area contributed by atoms with Gasteiger partial charge >= 0.3 is 0 Å². The molecule has 0 aliphatic carbocycles. The number of hydrogen-bond donors (Lipinski definition) is 1. The Morgan fingerprint density at radius 2 is 1.95 bits per heavy atom. The Bertz CT molecular complexity index is 736. The maximum absolute atomic E-state index is 9.15. The topological polar surface area (TPSA) is 63.8 Å². The summed E-state index contributed by atoms with van der Waals surface area (Å²) < 4.78 is 1.82. The Balaban J connectivity index is 2.05. The highest BCUT2D eigenvalue weighted by atomic mass is 16.3. The Hall–Kier alpha value is -2.53. The normalized spacial score (nSPS) is 10.7. The summed E-state index contributed by atoms with van der Waals surface area (Å²) in [5.41, 5.74) is 3.62. The van der Waals surface area contributed by atoms with E-state index in [1.54, 1.807) is 18.5 Å². The van der Waals surface area contributed by atoms with Gasteiger partial charge in [-0.25, -0.2) is 9.97 Å². The molecule has 5 heteroatoms. The van der Waals surface area contributed by atoms with Crippen LogP contribution in [0.15, 0.2) is 48.8 Å². The zero-order valence-corrected chi connectivity index (χ0v) is 11.1. The van der Waals surface area contributed by atoms with E-state index in [2.05, 4.69) is 15.1 Å². The minimum absolute atomic E-state index is 0.0864. The number of rotatable bonds is 3. The van der Waals surface area contributed by atoms with Crippen molar-refractivity contribution in [3.05, 3.63) is 54.5 Å². The highest BCUT2D eigenvalue weighted by Crippen LogP contribution is 2.23. The summed E-state index contributed by atoms with van der Waals surface area (Å²) in [6, 6.07) is 11.6. The zero-order valence-electron chi connectivity index (χ0n) is 11.1. The van der Waals surface area contributed by atoms with Gasteiger partial charge < -0.3 is 5.11 Å². The van der Waals surface area contributed by atoms with Gasteiger partial charge in [0, 0.05) is 30.6 Å². The summed E-state index contributed by atoms with van der Waals surface area (Å²) in [6.45, 7) is -0.0864. The molecule has 100 valence electrons. The molecule has 0 unspecified atom stereocenters. The second kappa shape index (κ2) is 5.22. The Labute approximate surface area is 116 Å². The van der Waals surface area contributed by atoms with Gasteiger partial charge in [0.15, 0.2) is 5.82 Å². The lowest BCUT2D eigenvalue weighted by Gasteiger charge is -2.06. The van der Waals surface area contributed by atoms with Gasteiger partial charge in [0.25, 0.3) is 0 Å². The van der Waals surface area contributed by atoms with Crippen LogP contribution in [-0.2, 0) is 13.7 Å². The molecule has 20 heavy (non-hydrogen) atoms. The summed E-state index contributed by atoms with van der Waals surface area (Å²) in [6.07, 6.45) is 3.43. The Kier molecular flexibility index (Phi) is 3.26. The molecule has 0 spiro atoms. The van der Waals surface area contributed by atoms with E-state index in [1.165, 1.54) is 0 Å². The predicted octanol–water partition coefficient (Wildman–Crippen LogP) is 2.04. The van der Waals surface area contributed by atoms with Crippen LogP contribution in [0.5, 0.6) is 0 Å². The molecule has 0 saturated carbocycles. The Morgan fingerprint density at radius 3 is 2.70 bits per heavy atom. The van der Waals surface area contributed by atoms with Gasteiger partial charge in [-0.3, -0.25) is 4.68 Å². The third-order valence-corrected chi connectivity index (χ3v) is 3.11. The molecule has 0 radical (unpaired) electrons. The standard InChI is InChI=1S/C15H14N4O/c1-19-14(6-8-17-19)11-3-2-4-12(9-11)15-16-7-5-13(10-20)18-15/h2-9,20H,10H2,1H3. The van der Waals surface area contributed by atoms with Crippen molar-refractivity contribution in [3.8, 4) is 22.6 Å². The van der Waals surface area contributed by atoms with Crippen molar-refractivity contribution in [2.24, 2.45) is 7.05 Å². The first-order valence-corrected chi connectivity index (χ1v) is 6.29. The van der Waals surface area contributed by atoms with E-state index in [-0.39, 0.29) is 6.61 Å². The molecule has 0 amide bonds. The number of nitrogens with zero attached hydrogens (tertiary/aromatic N) is 4. The molecular weight excluding hydrogens is 252 g/mol. The van der Waals surface area contributed by atoms with Crippen molar-refractivity contribution in [2.75, 3.05) is 0 Å². The minimum Gasteiger partial charge on any atom is -0.390 e. The fraction of sp³-hybridized carbons (Fsp3) is 0.133. The van der Waals surface area contributed by atoms with Crippen LogP contribution in [0.25, 0.3) is 22.6 Å². The average Bonchev–Trinajstić information content (AvgIpc) is 2.94. The Morgan fingerprint density at radius 1 is 1.10 bits per heavy atom. The number of hydrogen-bond acceptors (Lipinski definition) is 4. The van der Waals surface area contributed by atoms with Crippen LogP contribution in [-0.4, -0.2) is 24.9 Å². The summed E-state index contributed by atoms with van der Waals surface area (Å²) in [5, 5.41) is 13.3. The lowest BCUT2D eigenvalue weighted by molar-refractivity contribution is 0.277. The van der Waals surface area contributed by atoms with Gasteiger partial charge in [-0.2, -0.15) is 5.10 Å². The van der Waals surface area contributed by atoms with E-state index in [0.29, 0.717) is 11.5 Å². The number of aliphatic hydroxyl groups is 1. The van der Waals surface area contributed by atoms with Crippen LogP contribution in [0.1, 0.15) is 5.69 Å². The minimum atomic E-state index is -0.0864. The van der Waals surface area contributed by atoms with Crippen molar-refractivity contribution >= 4 is 0 Å². The van der Waals surface area contributed by atoms with Gasteiger partial charge in [0.05, 0.1) is 18.0 Å². The number of aliphatic hydroxyl groups excluding tert-OH is 1. The third kappa shape index (κ3) is 2.31. The highest BCUT2D eigenvalue weighted by molar-refractivity contribution is 5.67. The molecule has 5 nitrogen and oxygen atoms in total. The SMILES string of the molecule is Cn1nccc1-c1cccc(-c2nccc(CO)n2)c1. The van der Waals surface area contributed by atoms with Crippen molar-refractivity contribution in [2.45, 2.75) is 6.61 Å². The number of aromatic nitrogens is 4. The summed E-state index contributed by atoms with van der Waals surface area (Å²) in [5.74, 6) is 0.612. The molecular formula is C15H14N4O. The van der Waals surface area contributed by atoms with Crippen molar-refractivity contribution < 1.29 is 5.11 Å². The maximum atomic E-state index is 9.15. The molecule has 0 bridgehead atoms. The molecule has 2 heterocycles. The first-order chi connectivity index (χ1) is 9.78. The van der Waals surface area contributed by atoms with Gasteiger partial charge in [-0.15, -0.1) is 0 Å². The number of aryl methyl sites for hydroxylation is 1. The second-order valence-electron chi connectivity index (χ2n) is 4.45. The summed E-state index contributed by atoms with van der Waals surface area (Å²) in [7, 11) is 1.91. The molecule has 3 aromatic rings. The lowest BCUT2D eigenvalue weighted by Crippen LogP contribution is -1.96. The molecule has 0 aliphatic heterocycles. The van der Waals surface area contributed by atoms with E-state index < -0.39 is 0 Å². The fourth-order valence-electron chi connectivity index (χ4n) is 2.10. The van der Waals surface area contributed by atoms with Gasteiger partial charge in [0.2, 0.25) is 0 Å². The maximum Gasteiger partial charge on any atom is 0.159 e. The van der Waals surface area contributed by atoms with Crippen LogP contribution in [0.3, 0.4) is 0 Å². The van der Waals surface area contributed by atoms with Gasteiger partial charge in [-0.1, -0.05) is 18.2 Å². The van der Waals surface area contributed by atoms with Crippen molar-refractivity contribution in [3.63, 3.8) is 0 Å². The van der Waals surface area contributed by atoms with Crippen LogP contribution in [0.2, 0.25) is 0 Å². The van der Waals surface area contributed by atoms with Crippen LogP contribution >= 0.6 is 0 Å². The number of benzene rings is 1. The van der Waals surface area contributed by atoms with E-state index in [9.17, 15) is 0 Å². The third-order valence-electron chi connectivity index (χ3n) is 3.11. The molecule has 3 rings (SSSR count). The van der Waals surface area contributed by atoms with E-state index in [1.807, 2.05) is 42.1 Å². The average molecular weight is 266 g/mol. The molecule has 1 aromatic carbocycles. The van der Waals surface area contributed by atoms with Crippen LogP contribution < -0.4 is 0 Å². The van der Waals surface area contributed by atoms with Crippen LogP contribution in [0.4, 0.5) is 0 Å². The van der Waals surface area contributed by atoms with E-state index in [0.717, 1.165) is 16.8 Å². The highest BCUT2D eigenvalue weighted by Gasteiger charge is 2.06. The van der Waals surface area contributed by atoms with E-state index in [4.69, 9.17) is 5.11 Å². The monoisotopic (exact) mass is 266 g/mol. The zero-order chi connectivity index (χ0) is 13.9. The van der Waals surface area contributed by atoms with Gasteiger partial charge in [-0.05, 0) is 18.2 Å². The van der Waals surface area contributed by atoms with Gasteiger partial charge in [0.1, 0.15) is 0 Å². The second-order valence-corrected chi connectivity index (χ2v) is 4.45. The first kappa shape index (κ1) is 12.5. The lowest BCUT2D eigenvalue weighted by atomic mass is 10.1. The quantitative estimate of drug-likeness (QED) is 0.788. The largest absolute Gasteiger partial charge is 0.390 e. The molecule has 0 atom stereocenters. The fourth-order valence-corrected chi connectivity index (χ4v) is 2.10. The molecule has 0 saturated heterocycles. The first-order valence-electron chi connectivity index (χ1n) is 6.29. The molecule has 2 aromatic heterocycles. The molecule has 0 fully saturated rings. The summed E-state index contributed by atoms with van der Waals surface area (Å²) >= 11 is 0. The predicted molar refractivity (Wildman–Crippen MR) is 75.6 cm³/mol. The van der Waals surface area contributed by atoms with E-state index >= 15 is 0 Å². The smallest absolute Gasteiger partial charge is 0.159 e. The molecule has 0 aliphatic rings. The summed E-state index contributed by atoms with van der Waals surface area (Å²) in [4.78, 5) is 8.58. The van der Waals surface area contributed by atoms with Crippen molar-refractivity contribution in [1.82, 2.24) is 19.7 Å². The van der Waals surface area contributed by atoms with Crippen molar-refractivity contribution in [1.29, 1.82) is 0 Å². The van der Waals surface area contributed by atoms with Crippen LogP contribution in [0, 0.1) is 0 Å². The molecule has 1 N–H and O–H groups in total.